The minimum absolute atomic E-state index is 0.145. The number of hydrogen-bond donors (Lipinski definition) is 2. The van der Waals surface area contributed by atoms with Crippen molar-refractivity contribution in [2.24, 2.45) is 0 Å². The molecule has 0 spiro atoms. The Morgan fingerprint density at radius 1 is 1.07 bits per heavy atom. The van der Waals surface area contributed by atoms with Gasteiger partial charge in [0.05, 0.1) is 0 Å². The molecule has 1 aliphatic carbocycles. The summed E-state index contributed by atoms with van der Waals surface area (Å²) >= 11 is 0. The number of oxazole rings is 1. The number of rotatable bonds is 4. The SMILES string of the molecule is Cc1ccc(-c2coc(-c3ccc(NC(=O)NC4CCCC4)cc3)n2)c(C)c1. The molecule has 2 aromatic carbocycles. The molecule has 144 valence electrons. The van der Waals surface area contributed by atoms with Gasteiger partial charge in [0.15, 0.2) is 0 Å². The molecule has 5 heteroatoms. The number of carbonyl (C=O) groups excluding carboxylic acids is 1. The summed E-state index contributed by atoms with van der Waals surface area (Å²) in [6.07, 6.45) is 6.21. The van der Waals surface area contributed by atoms with Gasteiger partial charge >= 0.3 is 6.03 Å². The fraction of sp³-hybridized carbons (Fsp3) is 0.304. The van der Waals surface area contributed by atoms with Crippen LogP contribution in [0, 0.1) is 13.8 Å². The second-order valence-electron chi connectivity index (χ2n) is 7.51. The molecule has 1 heterocycles. The van der Waals surface area contributed by atoms with Crippen molar-refractivity contribution in [1.29, 1.82) is 0 Å². The lowest BCUT2D eigenvalue weighted by Crippen LogP contribution is -2.36. The number of amides is 2. The summed E-state index contributed by atoms with van der Waals surface area (Å²) in [5.74, 6) is 0.567. The Morgan fingerprint density at radius 3 is 2.54 bits per heavy atom. The molecule has 2 N–H and O–H groups in total. The minimum Gasteiger partial charge on any atom is -0.444 e. The quantitative estimate of drug-likeness (QED) is 0.615. The highest BCUT2D eigenvalue weighted by Crippen LogP contribution is 2.28. The first-order valence-corrected chi connectivity index (χ1v) is 9.79. The van der Waals surface area contributed by atoms with Gasteiger partial charge in [-0.25, -0.2) is 9.78 Å². The smallest absolute Gasteiger partial charge is 0.319 e. The first-order valence-electron chi connectivity index (χ1n) is 9.79. The van der Waals surface area contributed by atoms with Crippen LogP contribution in [0.4, 0.5) is 10.5 Å². The summed E-state index contributed by atoms with van der Waals surface area (Å²) in [5, 5.41) is 5.91. The Balaban J connectivity index is 1.44. The molecular formula is C23H25N3O2. The average Bonchev–Trinajstić information content (AvgIpc) is 3.34. The summed E-state index contributed by atoms with van der Waals surface area (Å²) in [4.78, 5) is 16.7. The van der Waals surface area contributed by atoms with Crippen LogP contribution in [-0.2, 0) is 0 Å². The van der Waals surface area contributed by atoms with Crippen molar-refractivity contribution < 1.29 is 9.21 Å². The van der Waals surface area contributed by atoms with Gasteiger partial charge in [-0.1, -0.05) is 36.6 Å². The number of benzene rings is 2. The van der Waals surface area contributed by atoms with Crippen LogP contribution in [0.15, 0.2) is 53.1 Å². The van der Waals surface area contributed by atoms with E-state index < -0.39 is 0 Å². The molecule has 2 amide bonds. The molecule has 1 saturated carbocycles. The fourth-order valence-electron chi connectivity index (χ4n) is 3.75. The zero-order valence-corrected chi connectivity index (χ0v) is 16.3. The third kappa shape index (κ3) is 4.09. The van der Waals surface area contributed by atoms with Gasteiger partial charge in [0.25, 0.3) is 0 Å². The predicted molar refractivity (Wildman–Crippen MR) is 111 cm³/mol. The van der Waals surface area contributed by atoms with Crippen molar-refractivity contribution in [3.05, 3.63) is 59.9 Å². The Labute approximate surface area is 165 Å². The topological polar surface area (TPSA) is 67.2 Å². The van der Waals surface area contributed by atoms with E-state index >= 15 is 0 Å². The molecule has 28 heavy (non-hydrogen) atoms. The van der Waals surface area contributed by atoms with Gasteiger partial charge in [0.2, 0.25) is 5.89 Å². The second kappa shape index (κ2) is 7.89. The lowest BCUT2D eigenvalue weighted by molar-refractivity contribution is 0.248. The van der Waals surface area contributed by atoms with Crippen LogP contribution in [0.3, 0.4) is 0 Å². The van der Waals surface area contributed by atoms with Gasteiger partial charge in [-0.3, -0.25) is 0 Å². The van der Waals surface area contributed by atoms with E-state index in [9.17, 15) is 4.79 Å². The molecule has 0 atom stereocenters. The van der Waals surface area contributed by atoms with Crippen LogP contribution in [0.1, 0.15) is 36.8 Å². The first-order chi connectivity index (χ1) is 13.6. The van der Waals surface area contributed by atoms with Crippen molar-refractivity contribution >= 4 is 11.7 Å². The Bertz CT molecular complexity index is 970. The Hall–Kier alpha value is -3.08. The molecule has 5 nitrogen and oxygen atoms in total. The molecular weight excluding hydrogens is 350 g/mol. The molecule has 1 aliphatic rings. The predicted octanol–water partition coefficient (Wildman–Crippen LogP) is 5.69. The van der Waals surface area contributed by atoms with Crippen LogP contribution in [0.25, 0.3) is 22.7 Å². The maximum atomic E-state index is 12.1. The standard InChI is InChI=1S/C23H25N3O2/c1-15-7-12-20(16(2)13-15)21-14-28-22(26-21)17-8-10-19(11-9-17)25-23(27)24-18-5-3-4-6-18/h7-14,18H,3-6H2,1-2H3,(H2,24,25,27). The maximum absolute atomic E-state index is 12.1. The van der Waals surface area contributed by atoms with Crippen LogP contribution in [0.2, 0.25) is 0 Å². The lowest BCUT2D eigenvalue weighted by Gasteiger charge is -2.13. The van der Waals surface area contributed by atoms with Gasteiger partial charge < -0.3 is 15.1 Å². The summed E-state index contributed by atoms with van der Waals surface area (Å²) in [7, 11) is 0. The third-order valence-corrected chi connectivity index (χ3v) is 5.24. The fourth-order valence-corrected chi connectivity index (χ4v) is 3.75. The molecule has 3 aromatic rings. The van der Waals surface area contributed by atoms with Crippen molar-refractivity contribution in [2.75, 3.05) is 5.32 Å². The van der Waals surface area contributed by atoms with E-state index in [0.717, 1.165) is 35.3 Å². The largest absolute Gasteiger partial charge is 0.444 e. The molecule has 0 aliphatic heterocycles. The zero-order chi connectivity index (χ0) is 19.5. The van der Waals surface area contributed by atoms with Crippen LogP contribution < -0.4 is 10.6 Å². The molecule has 0 bridgehead atoms. The average molecular weight is 375 g/mol. The highest BCUT2D eigenvalue weighted by molar-refractivity contribution is 5.89. The zero-order valence-electron chi connectivity index (χ0n) is 16.3. The monoisotopic (exact) mass is 375 g/mol. The normalized spacial score (nSPS) is 14.2. The highest BCUT2D eigenvalue weighted by Gasteiger charge is 2.17. The van der Waals surface area contributed by atoms with Gasteiger partial charge in [0, 0.05) is 22.9 Å². The highest BCUT2D eigenvalue weighted by atomic mass is 16.3. The van der Waals surface area contributed by atoms with Gasteiger partial charge in [-0.05, 0) is 56.5 Å². The number of urea groups is 1. The maximum Gasteiger partial charge on any atom is 0.319 e. The Morgan fingerprint density at radius 2 is 1.82 bits per heavy atom. The van der Waals surface area contributed by atoms with E-state index in [1.54, 1.807) is 6.26 Å². The summed E-state index contributed by atoms with van der Waals surface area (Å²) in [6, 6.07) is 14.0. The van der Waals surface area contributed by atoms with Crippen LogP contribution in [-0.4, -0.2) is 17.1 Å². The van der Waals surface area contributed by atoms with E-state index in [1.165, 1.54) is 24.0 Å². The second-order valence-corrected chi connectivity index (χ2v) is 7.51. The molecule has 0 radical (unpaired) electrons. The van der Waals surface area contributed by atoms with E-state index in [2.05, 4.69) is 47.7 Å². The van der Waals surface area contributed by atoms with Gasteiger partial charge in [0.1, 0.15) is 12.0 Å². The summed E-state index contributed by atoms with van der Waals surface area (Å²) in [5.41, 5.74) is 5.92. The third-order valence-electron chi connectivity index (χ3n) is 5.24. The number of carbonyl (C=O) groups is 1. The molecule has 0 saturated heterocycles. The first kappa shape index (κ1) is 18.3. The molecule has 4 rings (SSSR count). The summed E-state index contributed by atoms with van der Waals surface area (Å²) in [6.45, 7) is 4.16. The number of hydrogen-bond acceptors (Lipinski definition) is 3. The Kier molecular flexibility index (Phi) is 5.15. The van der Waals surface area contributed by atoms with Crippen LogP contribution in [0.5, 0.6) is 0 Å². The van der Waals surface area contributed by atoms with Gasteiger partial charge in [-0.2, -0.15) is 0 Å². The van der Waals surface area contributed by atoms with Crippen molar-refractivity contribution in [1.82, 2.24) is 10.3 Å². The number of nitrogens with zero attached hydrogens (tertiary/aromatic N) is 1. The van der Waals surface area contributed by atoms with E-state index in [0.29, 0.717) is 11.9 Å². The van der Waals surface area contributed by atoms with Crippen molar-refractivity contribution in [3.63, 3.8) is 0 Å². The molecule has 1 aromatic heterocycles. The van der Waals surface area contributed by atoms with Gasteiger partial charge in [-0.15, -0.1) is 0 Å². The molecule has 1 fully saturated rings. The number of aryl methyl sites for hydroxylation is 2. The number of anilines is 1. The van der Waals surface area contributed by atoms with E-state index in [4.69, 9.17) is 4.42 Å². The van der Waals surface area contributed by atoms with Crippen molar-refractivity contribution in [3.8, 4) is 22.7 Å². The van der Waals surface area contributed by atoms with E-state index in [1.807, 2.05) is 24.3 Å². The van der Waals surface area contributed by atoms with Crippen LogP contribution >= 0.6 is 0 Å². The summed E-state index contributed by atoms with van der Waals surface area (Å²) < 4.78 is 5.69. The van der Waals surface area contributed by atoms with Crippen molar-refractivity contribution in [2.45, 2.75) is 45.6 Å². The van der Waals surface area contributed by atoms with E-state index in [-0.39, 0.29) is 6.03 Å². The number of nitrogens with one attached hydrogen (secondary N) is 2. The lowest BCUT2D eigenvalue weighted by atomic mass is 10.0. The molecule has 0 unspecified atom stereocenters. The minimum atomic E-state index is -0.145. The number of aromatic nitrogens is 1.